The van der Waals surface area contributed by atoms with E-state index >= 15 is 0 Å². The number of rotatable bonds is 7. The molecule has 116 valence electrons. The van der Waals surface area contributed by atoms with Gasteiger partial charge in [0.25, 0.3) is 0 Å². The molecule has 2 N–H and O–H groups in total. The van der Waals surface area contributed by atoms with Gasteiger partial charge in [0.15, 0.2) is 22.9 Å². The van der Waals surface area contributed by atoms with Gasteiger partial charge < -0.3 is 14.9 Å². The lowest BCUT2D eigenvalue weighted by Crippen LogP contribution is -2.57. The molecule has 1 atom stereocenters. The maximum absolute atomic E-state index is 13.6. The molecule has 0 fully saturated rings. The number of carbonyl (C=O) groups excluding carboxylic acids is 2. The summed E-state index contributed by atoms with van der Waals surface area (Å²) in [4.78, 5) is 23.5. The molecule has 0 aliphatic rings. The first-order chi connectivity index (χ1) is 9.85. The van der Waals surface area contributed by atoms with Crippen LogP contribution in [-0.4, -0.2) is 31.0 Å². The minimum Gasteiger partial charge on any atom is -0.494 e. The van der Waals surface area contributed by atoms with Crippen LogP contribution in [0.15, 0.2) is 18.2 Å². The first kappa shape index (κ1) is 16.9. The highest BCUT2D eigenvalue weighted by Gasteiger charge is 2.39. The molecule has 0 aromatic heterocycles. The fraction of sp³-hybridized carbons (Fsp3) is 0.429. The van der Waals surface area contributed by atoms with Crippen molar-refractivity contribution >= 4 is 17.4 Å². The summed E-state index contributed by atoms with van der Waals surface area (Å²) >= 11 is 0. The number of methoxy groups -OCH3 is 1. The van der Waals surface area contributed by atoms with Crippen molar-refractivity contribution in [1.29, 1.82) is 0 Å². The first-order valence-electron chi connectivity index (χ1n) is 6.40. The van der Waals surface area contributed by atoms with E-state index in [-0.39, 0.29) is 12.4 Å². The Morgan fingerprint density at radius 2 is 2.05 bits per heavy atom. The second kappa shape index (κ2) is 7.03. The largest absolute Gasteiger partial charge is 0.494 e. The van der Waals surface area contributed by atoms with Crippen molar-refractivity contribution < 1.29 is 23.5 Å². The van der Waals surface area contributed by atoms with Gasteiger partial charge in [-0.2, -0.15) is 0 Å². The Bertz CT molecular complexity index is 536. The number of ketones is 1. The Hall–Kier alpha value is -2.15. The van der Waals surface area contributed by atoms with E-state index in [1.807, 2.05) is 0 Å². The van der Waals surface area contributed by atoms with Gasteiger partial charge in [0.1, 0.15) is 0 Å². The molecule has 1 rings (SSSR count). The molecule has 0 bridgehead atoms. The van der Waals surface area contributed by atoms with E-state index in [9.17, 15) is 14.0 Å². The molecule has 0 saturated heterocycles. The fourth-order valence-electron chi connectivity index (χ4n) is 1.50. The lowest BCUT2D eigenvalue weighted by molar-refractivity contribution is -0.153. The molecule has 7 heteroatoms. The standard InChI is InChI=1S/C14H19FN2O4/c1-5-21-13(19)14(3,9(2)18)17-16-10-6-7-12(20-4)11(15)8-10/h6-8,16-17H,5H2,1-4H3. The van der Waals surface area contributed by atoms with E-state index < -0.39 is 23.1 Å². The van der Waals surface area contributed by atoms with E-state index in [1.54, 1.807) is 13.0 Å². The van der Waals surface area contributed by atoms with Crippen LogP contribution in [0.2, 0.25) is 0 Å². The number of ether oxygens (including phenoxy) is 2. The third-order valence-corrected chi connectivity index (χ3v) is 3.00. The Balaban J connectivity index is 2.85. The predicted octanol–water partition coefficient (Wildman–Crippen LogP) is 1.66. The number of esters is 1. The zero-order valence-corrected chi connectivity index (χ0v) is 12.5. The highest BCUT2D eigenvalue weighted by Crippen LogP contribution is 2.20. The molecule has 1 aromatic rings. The van der Waals surface area contributed by atoms with E-state index in [0.717, 1.165) is 0 Å². The van der Waals surface area contributed by atoms with Crippen molar-refractivity contribution in [3.05, 3.63) is 24.0 Å². The number of hydrogen-bond donors (Lipinski definition) is 2. The molecular formula is C14H19FN2O4. The number of hydrazine groups is 1. The molecule has 0 radical (unpaired) electrons. The van der Waals surface area contributed by atoms with Crippen molar-refractivity contribution in [2.75, 3.05) is 19.1 Å². The highest BCUT2D eigenvalue weighted by atomic mass is 19.1. The van der Waals surface area contributed by atoms with Crippen molar-refractivity contribution in [2.24, 2.45) is 0 Å². The SMILES string of the molecule is CCOC(=O)C(C)(NNc1ccc(OC)c(F)c1)C(C)=O. The van der Waals surface area contributed by atoms with Gasteiger partial charge in [-0.15, -0.1) is 0 Å². The minimum absolute atomic E-state index is 0.0975. The van der Waals surface area contributed by atoms with Gasteiger partial charge in [0.05, 0.1) is 19.4 Å². The molecule has 1 aromatic carbocycles. The third kappa shape index (κ3) is 3.91. The normalized spacial score (nSPS) is 13.2. The topological polar surface area (TPSA) is 76.7 Å². The second-order valence-corrected chi connectivity index (χ2v) is 4.50. The lowest BCUT2D eigenvalue weighted by Gasteiger charge is -2.26. The van der Waals surface area contributed by atoms with Gasteiger partial charge >= 0.3 is 5.97 Å². The quantitative estimate of drug-likeness (QED) is 0.453. The molecule has 0 saturated carbocycles. The van der Waals surface area contributed by atoms with Crippen LogP contribution < -0.4 is 15.6 Å². The maximum Gasteiger partial charge on any atom is 0.335 e. The smallest absolute Gasteiger partial charge is 0.335 e. The van der Waals surface area contributed by atoms with Gasteiger partial charge in [0.2, 0.25) is 0 Å². The van der Waals surface area contributed by atoms with Crippen LogP contribution in [0.4, 0.5) is 10.1 Å². The minimum atomic E-state index is -1.56. The maximum atomic E-state index is 13.6. The van der Waals surface area contributed by atoms with Crippen LogP contribution in [0, 0.1) is 5.82 Å². The van der Waals surface area contributed by atoms with E-state index in [0.29, 0.717) is 5.69 Å². The Morgan fingerprint density at radius 3 is 2.52 bits per heavy atom. The summed E-state index contributed by atoms with van der Waals surface area (Å²) in [5.74, 6) is -1.60. The molecule has 0 aliphatic carbocycles. The van der Waals surface area contributed by atoms with Crippen molar-refractivity contribution in [3.8, 4) is 5.75 Å². The van der Waals surface area contributed by atoms with Gasteiger partial charge in [-0.25, -0.2) is 14.6 Å². The fourth-order valence-corrected chi connectivity index (χ4v) is 1.50. The van der Waals surface area contributed by atoms with Crippen LogP contribution in [-0.2, 0) is 14.3 Å². The number of carbonyl (C=O) groups is 2. The van der Waals surface area contributed by atoms with E-state index in [2.05, 4.69) is 10.9 Å². The van der Waals surface area contributed by atoms with Crippen LogP contribution in [0.25, 0.3) is 0 Å². The van der Waals surface area contributed by atoms with Gasteiger partial charge in [0, 0.05) is 6.07 Å². The molecule has 0 spiro atoms. The number of halogens is 1. The zero-order valence-electron chi connectivity index (χ0n) is 12.5. The molecule has 1 unspecified atom stereocenters. The van der Waals surface area contributed by atoms with Gasteiger partial charge in [-0.05, 0) is 32.9 Å². The summed E-state index contributed by atoms with van der Waals surface area (Å²) in [6.45, 7) is 4.45. The lowest BCUT2D eigenvalue weighted by atomic mass is 9.99. The van der Waals surface area contributed by atoms with Crippen LogP contribution >= 0.6 is 0 Å². The summed E-state index contributed by atoms with van der Waals surface area (Å²) in [5, 5.41) is 0. The van der Waals surface area contributed by atoms with Crippen molar-refractivity contribution in [2.45, 2.75) is 26.3 Å². The van der Waals surface area contributed by atoms with Crippen molar-refractivity contribution in [1.82, 2.24) is 5.43 Å². The predicted molar refractivity (Wildman–Crippen MR) is 75.4 cm³/mol. The van der Waals surface area contributed by atoms with E-state index in [4.69, 9.17) is 9.47 Å². The average molecular weight is 298 g/mol. The molecule has 0 aliphatic heterocycles. The van der Waals surface area contributed by atoms with Crippen LogP contribution in [0.5, 0.6) is 5.75 Å². The molecule has 21 heavy (non-hydrogen) atoms. The molecule has 0 amide bonds. The number of hydrogen-bond acceptors (Lipinski definition) is 6. The van der Waals surface area contributed by atoms with Gasteiger partial charge in [-0.3, -0.25) is 4.79 Å². The number of nitrogens with one attached hydrogen (secondary N) is 2. The number of benzene rings is 1. The summed E-state index contributed by atoms with van der Waals surface area (Å²) in [6, 6.07) is 4.15. The zero-order chi connectivity index (χ0) is 16.0. The van der Waals surface area contributed by atoms with Crippen LogP contribution in [0.1, 0.15) is 20.8 Å². The second-order valence-electron chi connectivity index (χ2n) is 4.50. The monoisotopic (exact) mass is 298 g/mol. The average Bonchev–Trinajstić information content (AvgIpc) is 2.44. The van der Waals surface area contributed by atoms with Crippen molar-refractivity contribution in [3.63, 3.8) is 0 Å². The highest BCUT2D eigenvalue weighted by molar-refractivity contribution is 6.07. The van der Waals surface area contributed by atoms with E-state index in [1.165, 1.54) is 33.1 Å². The van der Waals surface area contributed by atoms with Crippen LogP contribution in [0.3, 0.4) is 0 Å². The first-order valence-corrected chi connectivity index (χ1v) is 6.40. The molecule has 6 nitrogen and oxygen atoms in total. The summed E-state index contributed by atoms with van der Waals surface area (Å²) in [7, 11) is 1.36. The Morgan fingerprint density at radius 1 is 1.38 bits per heavy atom. The summed E-state index contributed by atoms with van der Waals surface area (Å²) < 4.78 is 23.2. The number of anilines is 1. The summed E-state index contributed by atoms with van der Waals surface area (Å²) in [5.41, 5.74) is 3.99. The molecular weight excluding hydrogens is 279 g/mol. The number of Topliss-reactive ketones (excluding diaryl/α,β-unsaturated/α-hetero) is 1. The summed E-state index contributed by atoms with van der Waals surface area (Å²) in [6.07, 6.45) is 0. The molecule has 0 heterocycles. The Labute approximate surface area is 122 Å². The van der Waals surface area contributed by atoms with Gasteiger partial charge in [-0.1, -0.05) is 0 Å². The third-order valence-electron chi connectivity index (χ3n) is 3.00. The Kier molecular flexibility index (Phi) is 5.66.